The molecule has 0 bridgehead atoms. The second-order valence-electron chi connectivity index (χ2n) is 5.01. The molecule has 0 aliphatic carbocycles. The topological polar surface area (TPSA) is 108 Å². The summed E-state index contributed by atoms with van der Waals surface area (Å²) in [7, 11) is 0. The van der Waals surface area contributed by atoms with Crippen LogP contribution in [0.3, 0.4) is 0 Å². The van der Waals surface area contributed by atoms with Gasteiger partial charge in [0.1, 0.15) is 6.04 Å². The molecule has 0 radical (unpaired) electrons. The number of hydrogen-bond acceptors (Lipinski definition) is 4. The first-order valence-electron chi connectivity index (χ1n) is 6.41. The lowest BCUT2D eigenvalue weighted by atomic mass is 10.2. The number of rotatable bonds is 4. The average Bonchev–Trinajstić information content (AvgIpc) is 2.97. The van der Waals surface area contributed by atoms with Crippen LogP contribution >= 0.6 is 0 Å². The molecule has 1 aromatic heterocycles. The molecule has 0 aromatic carbocycles. The zero-order valence-electron chi connectivity index (χ0n) is 11.1. The number of nitrogens with one attached hydrogen (secondary N) is 1. The van der Waals surface area contributed by atoms with E-state index < -0.39 is 24.1 Å². The quantitative estimate of drug-likeness (QED) is 0.690. The Balaban J connectivity index is 1.92. The van der Waals surface area contributed by atoms with E-state index in [9.17, 15) is 14.7 Å². The maximum atomic E-state index is 12.1. The number of hydrogen-bond donors (Lipinski definition) is 3. The van der Waals surface area contributed by atoms with Crippen molar-refractivity contribution in [3.63, 3.8) is 0 Å². The number of carbonyl (C=O) groups excluding carboxylic acids is 1. The molecule has 1 saturated heterocycles. The molecule has 3 atom stereocenters. The van der Waals surface area contributed by atoms with E-state index in [0.29, 0.717) is 6.54 Å². The highest BCUT2D eigenvalue weighted by atomic mass is 16.4. The average molecular weight is 282 g/mol. The largest absolute Gasteiger partial charge is 0.480 e. The van der Waals surface area contributed by atoms with Gasteiger partial charge in [-0.1, -0.05) is 0 Å². The molecule has 2 amide bonds. The van der Waals surface area contributed by atoms with Crippen molar-refractivity contribution in [2.75, 3.05) is 6.54 Å². The summed E-state index contributed by atoms with van der Waals surface area (Å²) in [5.41, 5.74) is 0. The Morgan fingerprint density at radius 3 is 2.90 bits per heavy atom. The number of imidazole rings is 1. The lowest BCUT2D eigenvalue weighted by molar-refractivity contribution is -0.141. The molecule has 1 aromatic rings. The Kier molecular flexibility index (Phi) is 4.23. The van der Waals surface area contributed by atoms with E-state index in [0.717, 1.165) is 4.90 Å². The molecular weight excluding hydrogens is 264 g/mol. The fourth-order valence-corrected chi connectivity index (χ4v) is 2.32. The van der Waals surface area contributed by atoms with Gasteiger partial charge in [-0.05, 0) is 6.92 Å². The molecule has 0 saturated carbocycles. The molecule has 1 fully saturated rings. The molecule has 2 unspecified atom stereocenters. The molecule has 1 aliphatic rings. The first kappa shape index (κ1) is 14.3. The van der Waals surface area contributed by atoms with Crippen molar-refractivity contribution in [3.05, 3.63) is 18.7 Å². The van der Waals surface area contributed by atoms with Gasteiger partial charge in [0.2, 0.25) is 0 Å². The van der Waals surface area contributed by atoms with Crippen molar-refractivity contribution < 1.29 is 19.8 Å². The van der Waals surface area contributed by atoms with Gasteiger partial charge in [-0.3, -0.25) is 0 Å². The molecule has 2 heterocycles. The number of amides is 2. The number of aromatic nitrogens is 2. The normalized spacial score (nSPS) is 23.6. The fraction of sp³-hybridized carbons (Fsp3) is 0.583. The molecule has 110 valence electrons. The predicted octanol–water partition coefficient (Wildman–Crippen LogP) is -0.499. The molecular formula is C12H18N4O4. The number of nitrogens with zero attached hydrogens (tertiary/aromatic N) is 3. The minimum Gasteiger partial charge on any atom is -0.480 e. The Labute approximate surface area is 116 Å². The zero-order valence-corrected chi connectivity index (χ0v) is 11.1. The van der Waals surface area contributed by atoms with E-state index in [-0.39, 0.29) is 19.0 Å². The van der Waals surface area contributed by atoms with E-state index in [1.807, 2.05) is 11.5 Å². The van der Waals surface area contributed by atoms with Gasteiger partial charge < -0.3 is 25.0 Å². The number of carboxylic acid groups (broad SMARTS) is 1. The Morgan fingerprint density at radius 2 is 2.30 bits per heavy atom. The number of carboxylic acids is 1. The molecule has 3 N–H and O–H groups in total. The van der Waals surface area contributed by atoms with Gasteiger partial charge in [-0.15, -0.1) is 0 Å². The summed E-state index contributed by atoms with van der Waals surface area (Å²) in [6.45, 7) is 2.40. The summed E-state index contributed by atoms with van der Waals surface area (Å²) in [5.74, 6) is -1.10. The summed E-state index contributed by atoms with van der Waals surface area (Å²) in [4.78, 5) is 28.2. The summed E-state index contributed by atoms with van der Waals surface area (Å²) < 4.78 is 1.82. The van der Waals surface area contributed by atoms with Gasteiger partial charge in [0.05, 0.1) is 12.4 Å². The maximum Gasteiger partial charge on any atom is 0.326 e. The molecule has 2 rings (SSSR count). The van der Waals surface area contributed by atoms with E-state index in [1.165, 1.54) is 0 Å². The van der Waals surface area contributed by atoms with Crippen LogP contribution in [0, 0.1) is 0 Å². The van der Waals surface area contributed by atoms with Gasteiger partial charge in [0, 0.05) is 37.9 Å². The van der Waals surface area contributed by atoms with Crippen molar-refractivity contribution in [2.24, 2.45) is 0 Å². The minimum atomic E-state index is -1.10. The van der Waals surface area contributed by atoms with E-state index in [4.69, 9.17) is 5.11 Å². The van der Waals surface area contributed by atoms with Gasteiger partial charge in [0.25, 0.3) is 0 Å². The number of β-amino-alcohol motifs (C(OH)–C–C–N with tert-alkyl or cyclic N) is 1. The van der Waals surface area contributed by atoms with Crippen LogP contribution < -0.4 is 5.32 Å². The first-order chi connectivity index (χ1) is 9.47. The van der Waals surface area contributed by atoms with Crippen molar-refractivity contribution >= 4 is 12.0 Å². The van der Waals surface area contributed by atoms with Crippen LogP contribution in [-0.2, 0) is 11.3 Å². The van der Waals surface area contributed by atoms with Gasteiger partial charge in [0.15, 0.2) is 0 Å². The van der Waals surface area contributed by atoms with Crippen LogP contribution in [0.1, 0.15) is 13.3 Å². The number of urea groups is 1. The van der Waals surface area contributed by atoms with Crippen LogP contribution in [0.2, 0.25) is 0 Å². The van der Waals surface area contributed by atoms with Crippen LogP contribution in [0.15, 0.2) is 18.7 Å². The first-order valence-corrected chi connectivity index (χ1v) is 6.41. The lowest BCUT2D eigenvalue weighted by Crippen LogP contribution is -2.49. The number of likely N-dealkylation sites (tertiary alicyclic amines) is 1. The molecule has 8 nitrogen and oxygen atoms in total. The molecule has 0 spiro atoms. The van der Waals surface area contributed by atoms with Crippen LogP contribution in [-0.4, -0.2) is 61.4 Å². The van der Waals surface area contributed by atoms with Crippen LogP contribution in [0.25, 0.3) is 0 Å². The van der Waals surface area contributed by atoms with Crippen molar-refractivity contribution in [3.8, 4) is 0 Å². The predicted molar refractivity (Wildman–Crippen MR) is 69.0 cm³/mol. The van der Waals surface area contributed by atoms with Crippen molar-refractivity contribution in [1.29, 1.82) is 0 Å². The summed E-state index contributed by atoms with van der Waals surface area (Å²) >= 11 is 0. The smallest absolute Gasteiger partial charge is 0.326 e. The second-order valence-corrected chi connectivity index (χ2v) is 5.01. The third-order valence-electron chi connectivity index (χ3n) is 3.24. The zero-order chi connectivity index (χ0) is 14.7. The van der Waals surface area contributed by atoms with Crippen LogP contribution in [0.4, 0.5) is 4.79 Å². The summed E-state index contributed by atoms with van der Waals surface area (Å²) in [6.07, 6.45) is 4.35. The van der Waals surface area contributed by atoms with E-state index in [2.05, 4.69) is 10.3 Å². The Morgan fingerprint density at radius 1 is 1.55 bits per heavy atom. The summed E-state index contributed by atoms with van der Waals surface area (Å²) in [5, 5.41) is 21.3. The monoisotopic (exact) mass is 282 g/mol. The Hall–Kier alpha value is -2.09. The Bertz CT molecular complexity index is 476. The van der Waals surface area contributed by atoms with E-state index >= 15 is 0 Å². The number of carbonyl (C=O) groups is 2. The number of aliphatic hydroxyl groups is 1. The lowest BCUT2D eigenvalue weighted by Gasteiger charge is -2.24. The molecule has 8 heteroatoms. The van der Waals surface area contributed by atoms with Gasteiger partial charge >= 0.3 is 12.0 Å². The SMILES string of the molecule is CC(Cn1ccnc1)NC(=O)N1CC(O)C[C@H]1C(=O)O. The highest BCUT2D eigenvalue weighted by Gasteiger charge is 2.39. The van der Waals surface area contributed by atoms with Crippen molar-refractivity contribution in [2.45, 2.75) is 38.1 Å². The maximum absolute atomic E-state index is 12.1. The minimum absolute atomic E-state index is 0.0423. The van der Waals surface area contributed by atoms with Gasteiger partial charge in [-0.25, -0.2) is 14.6 Å². The molecule has 20 heavy (non-hydrogen) atoms. The molecule has 1 aliphatic heterocycles. The van der Waals surface area contributed by atoms with Crippen LogP contribution in [0.5, 0.6) is 0 Å². The highest BCUT2D eigenvalue weighted by Crippen LogP contribution is 2.18. The van der Waals surface area contributed by atoms with Gasteiger partial charge in [-0.2, -0.15) is 0 Å². The highest BCUT2D eigenvalue weighted by molar-refractivity contribution is 5.83. The third kappa shape index (κ3) is 3.27. The van der Waals surface area contributed by atoms with E-state index in [1.54, 1.807) is 18.7 Å². The third-order valence-corrected chi connectivity index (χ3v) is 3.24. The second kappa shape index (κ2) is 5.91. The number of aliphatic carboxylic acids is 1. The van der Waals surface area contributed by atoms with Crippen molar-refractivity contribution in [1.82, 2.24) is 19.8 Å². The summed E-state index contributed by atoms with van der Waals surface area (Å²) in [6, 6.07) is -1.61. The fourth-order valence-electron chi connectivity index (χ4n) is 2.32. The standard InChI is InChI=1S/C12H18N4O4/c1-8(5-15-3-2-13-7-15)14-12(20)16-6-9(17)4-10(16)11(18)19/h2-3,7-10,17H,4-6H2,1H3,(H,14,20)(H,18,19)/t8?,9?,10-/m0/s1. The number of aliphatic hydroxyl groups excluding tert-OH is 1.